The maximum Gasteiger partial charge on any atom is 0.257 e. The van der Waals surface area contributed by atoms with E-state index in [2.05, 4.69) is 10.6 Å². The van der Waals surface area contributed by atoms with E-state index >= 15 is 0 Å². The zero-order valence-electron chi connectivity index (χ0n) is 15.2. The Bertz CT molecular complexity index is 750. The molecule has 0 heterocycles. The summed E-state index contributed by atoms with van der Waals surface area (Å²) < 4.78 is 24.0. The monoisotopic (exact) mass is 374 g/mol. The first-order valence-electron chi connectivity index (χ1n) is 8.75. The van der Waals surface area contributed by atoms with E-state index in [9.17, 15) is 14.0 Å². The van der Waals surface area contributed by atoms with Gasteiger partial charge in [-0.15, -0.1) is 0 Å². The predicted molar refractivity (Wildman–Crippen MR) is 100 cm³/mol. The van der Waals surface area contributed by atoms with E-state index in [0.717, 1.165) is 0 Å². The number of carbonyl (C=O) groups excluding carboxylic acids is 2. The van der Waals surface area contributed by atoms with Gasteiger partial charge in [0.1, 0.15) is 5.75 Å². The van der Waals surface area contributed by atoms with Crippen LogP contribution >= 0.6 is 0 Å². The highest BCUT2D eigenvalue weighted by molar-refractivity contribution is 5.90. The van der Waals surface area contributed by atoms with Crippen LogP contribution in [0.4, 0.5) is 10.1 Å². The minimum Gasteiger partial charge on any atom is -0.491 e. The number of para-hydroxylation sites is 1. The van der Waals surface area contributed by atoms with Crippen LogP contribution in [0.1, 0.15) is 19.8 Å². The number of carbonyl (C=O) groups is 2. The molecule has 0 aliphatic carbocycles. The second-order valence-electron chi connectivity index (χ2n) is 5.70. The van der Waals surface area contributed by atoms with Crippen molar-refractivity contribution in [1.82, 2.24) is 5.32 Å². The molecule has 0 spiro atoms. The molecule has 2 aromatic rings. The number of anilines is 1. The fourth-order valence-corrected chi connectivity index (χ4v) is 2.23. The molecule has 0 aliphatic rings. The van der Waals surface area contributed by atoms with Crippen LogP contribution in [0.25, 0.3) is 0 Å². The molecule has 6 nitrogen and oxygen atoms in total. The van der Waals surface area contributed by atoms with Crippen molar-refractivity contribution in [2.75, 3.05) is 25.1 Å². The third-order valence-electron chi connectivity index (χ3n) is 3.52. The standard InChI is InChI=1S/C20H23FN2O4/c1-2-22-20(25)14-27-16-11-9-15(10-12-16)23-19(24)8-5-13-26-18-7-4-3-6-17(18)21/h3-4,6-7,9-12H,2,5,8,13-14H2,1H3,(H,22,25)(H,23,24). The summed E-state index contributed by atoms with van der Waals surface area (Å²) in [6, 6.07) is 12.9. The van der Waals surface area contributed by atoms with Crippen molar-refractivity contribution in [2.24, 2.45) is 0 Å². The van der Waals surface area contributed by atoms with Gasteiger partial charge >= 0.3 is 0 Å². The third-order valence-corrected chi connectivity index (χ3v) is 3.52. The Morgan fingerprint density at radius 3 is 2.44 bits per heavy atom. The van der Waals surface area contributed by atoms with E-state index in [1.54, 1.807) is 42.5 Å². The van der Waals surface area contributed by atoms with Gasteiger partial charge < -0.3 is 20.1 Å². The van der Waals surface area contributed by atoms with Gasteiger partial charge in [-0.2, -0.15) is 0 Å². The lowest BCUT2D eigenvalue weighted by Crippen LogP contribution is -2.28. The molecule has 0 fully saturated rings. The molecule has 2 rings (SSSR count). The maximum atomic E-state index is 13.4. The first-order chi connectivity index (χ1) is 13.1. The van der Waals surface area contributed by atoms with Crippen molar-refractivity contribution in [3.8, 4) is 11.5 Å². The number of ether oxygens (including phenoxy) is 2. The largest absolute Gasteiger partial charge is 0.491 e. The van der Waals surface area contributed by atoms with Crippen LogP contribution in [0, 0.1) is 5.82 Å². The SMILES string of the molecule is CCNC(=O)COc1ccc(NC(=O)CCCOc2ccccc2F)cc1. The molecule has 0 saturated heterocycles. The van der Waals surface area contributed by atoms with E-state index in [4.69, 9.17) is 9.47 Å². The molecule has 0 bridgehead atoms. The average molecular weight is 374 g/mol. The van der Waals surface area contributed by atoms with Crippen molar-refractivity contribution in [1.29, 1.82) is 0 Å². The second-order valence-corrected chi connectivity index (χ2v) is 5.70. The Balaban J connectivity index is 1.68. The quantitative estimate of drug-likeness (QED) is 0.627. The van der Waals surface area contributed by atoms with Gasteiger partial charge in [0.15, 0.2) is 18.2 Å². The van der Waals surface area contributed by atoms with E-state index < -0.39 is 5.82 Å². The summed E-state index contributed by atoms with van der Waals surface area (Å²) in [5, 5.41) is 5.40. The number of benzene rings is 2. The second kappa shape index (κ2) is 10.8. The zero-order chi connectivity index (χ0) is 19.5. The van der Waals surface area contributed by atoms with Crippen LogP contribution < -0.4 is 20.1 Å². The first-order valence-corrected chi connectivity index (χ1v) is 8.75. The fraction of sp³-hybridized carbons (Fsp3) is 0.300. The molecule has 7 heteroatoms. The molecule has 27 heavy (non-hydrogen) atoms. The molecule has 2 aromatic carbocycles. The molecule has 0 aliphatic heterocycles. The van der Waals surface area contributed by atoms with Gasteiger partial charge in [0.2, 0.25) is 5.91 Å². The Kier molecular flexibility index (Phi) is 8.09. The van der Waals surface area contributed by atoms with Crippen molar-refractivity contribution in [3.63, 3.8) is 0 Å². The molecule has 144 valence electrons. The number of hydrogen-bond acceptors (Lipinski definition) is 4. The summed E-state index contributed by atoms with van der Waals surface area (Å²) in [6.07, 6.45) is 0.720. The van der Waals surface area contributed by atoms with Crippen molar-refractivity contribution in [3.05, 3.63) is 54.3 Å². The third kappa shape index (κ3) is 7.35. The van der Waals surface area contributed by atoms with E-state index in [1.807, 2.05) is 6.92 Å². The van der Waals surface area contributed by atoms with Gasteiger partial charge in [-0.1, -0.05) is 12.1 Å². The van der Waals surface area contributed by atoms with Crippen LogP contribution in [-0.4, -0.2) is 31.6 Å². The molecule has 0 aromatic heterocycles. The van der Waals surface area contributed by atoms with E-state index in [-0.39, 0.29) is 37.2 Å². The maximum absolute atomic E-state index is 13.4. The lowest BCUT2D eigenvalue weighted by atomic mass is 10.2. The minimum absolute atomic E-state index is 0.0540. The summed E-state index contributed by atoms with van der Waals surface area (Å²) in [5.41, 5.74) is 0.625. The lowest BCUT2D eigenvalue weighted by molar-refractivity contribution is -0.123. The molecular formula is C20H23FN2O4. The Labute approximate surface area is 157 Å². The minimum atomic E-state index is -0.420. The van der Waals surface area contributed by atoms with Crippen LogP contribution in [0.5, 0.6) is 11.5 Å². The van der Waals surface area contributed by atoms with Crippen molar-refractivity contribution >= 4 is 17.5 Å². The Hall–Kier alpha value is -3.09. The molecule has 2 amide bonds. The predicted octanol–water partition coefficient (Wildman–Crippen LogP) is 3.14. The van der Waals surface area contributed by atoms with Crippen LogP contribution in [-0.2, 0) is 9.59 Å². The lowest BCUT2D eigenvalue weighted by Gasteiger charge is -2.09. The molecular weight excluding hydrogens is 351 g/mol. The van der Waals surface area contributed by atoms with Gasteiger partial charge in [-0.3, -0.25) is 9.59 Å². The van der Waals surface area contributed by atoms with Gasteiger partial charge in [-0.05, 0) is 49.7 Å². The highest BCUT2D eigenvalue weighted by Gasteiger charge is 2.06. The van der Waals surface area contributed by atoms with E-state index in [1.165, 1.54) is 6.07 Å². The smallest absolute Gasteiger partial charge is 0.257 e. The Morgan fingerprint density at radius 2 is 1.74 bits per heavy atom. The topological polar surface area (TPSA) is 76.7 Å². The number of nitrogens with one attached hydrogen (secondary N) is 2. The molecule has 2 N–H and O–H groups in total. The van der Waals surface area contributed by atoms with Crippen LogP contribution in [0.2, 0.25) is 0 Å². The van der Waals surface area contributed by atoms with Crippen LogP contribution in [0.3, 0.4) is 0 Å². The first kappa shape index (κ1) is 20.2. The molecule has 0 radical (unpaired) electrons. The van der Waals surface area contributed by atoms with Crippen molar-refractivity contribution < 1.29 is 23.5 Å². The Morgan fingerprint density at radius 1 is 1.00 bits per heavy atom. The summed E-state index contributed by atoms with van der Waals surface area (Å²) in [5.74, 6) is -0.0503. The van der Waals surface area contributed by atoms with Gasteiger partial charge in [0, 0.05) is 18.7 Å². The highest BCUT2D eigenvalue weighted by Crippen LogP contribution is 2.17. The number of rotatable bonds is 10. The van der Waals surface area contributed by atoms with E-state index in [0.29, 0.717) is 24.4 Å². The van der Waals surface area contributed by atoms with Gasteiger partial charge in [0.05, 0.1) is 6.61 Å². The average Bonchev–Trinajstić information content (AvgIpc) is 2.66. The summed E-state index contributed by atoms with van der Waals surface area (Å²) in [6.45, 7) is 2.59. The normalized spacial score (nSPS) is 10.1. The van der Waals surface area contributed by atoms with Gasteiger partial charge in [-0.25, -0.2) is 4.39 Å². The number of likely N-dealkylation sites (N-methyl/N-ethyl adjacent to an activating group) is 1. The zero-order valence-corrected chi connectivity index (χ0v) is 15.2. The number of amides is 2. The summed E-state index contributed by atoms with van der Waals surface area (Å²) in [4.78, 5) is 23.3. The van der Waals surface area contributed by atoms with Crippen molar-refractivity contribution in [2.45, 2.75) is 19.8 Å². The highest BCUT2D eigenvalue weighted by atomic mass is 19.1. The number of hydrogen-bond donors (Lipinski definition) is 2. The summed E-state index contributed by atoms with van der Waals surface area (Å²) in [7, 11) is 0. The number of halogens is 1. The fourth-order valence-electron chi connectivity index (χ4n) is 2.23. The molecule has 0 atom stereocenters. The summed E-state index contributed by atoms with van der Waals surface area (Å²) >= 11 is 0. The van der Waals surface area contributed by atoms with Gasteiger partial charge in [0.25, 0.3) is 5.91 Å². The molecule has 0 unspecified atom stereocenters. The molecule has 0 saturated carbocycles. The van der Waals surface area contributed by atoms with Crippen LogP contribution in [0.15, 0.2) is 48.5 Å².